The average molecular weight is 319 g/mol. The Morgan fingerprint density at radius 2 is 1.89 bits per heavy atom. The molecule has 0 saturated heterocycles. The van der Waals surface area contributed by atoms with Gasteiger partial charge < -0.3 is 4.74 Å². The van der Waals surface area contributed by atoms with Crippen LogP contribution in [0.4, 0.5) is 0 Å². The van der Waals surface area contributed by atoms with Crippen molar-refractivity contribution in [2.45, 2.75) is 58.5 Å². The first-order valence-electron chi connectivity index (χ1n) is 6.81. The van der Waals surface area contributed by atoms with Gasteiger partial charge in [0.05, 0.1) is 11.2 Å². The van der Waals surface area contributed by atoms with Crippen molar-refractivity contribution >= 4 is 27.7 Å². The van der Waals surface area contributed by atoms with Crippen LogP contribution in [0.15, 0.2) is 0 Å². The Balaban J connectivity index is 2.50. The quantitative estimate of drug-likeness (QED) is 0.533. The molecule has 1 aliphatic rings. The van der Waals surface area contributed by atoms with Crippen LogP contribution in [0, 0.1) is 11.8 Å². The summed E-state index contributed by atoms with van der Waals surface area (Å²) in [7, 11) is 0. The van der Waals surface area contributed by atoms with Gasteiger partial charge in [0.1, 0.15) is 11.9 Å². The summed E-state index contributed by atoms with van der Waals surface area (Å²) in [6.45, 7) is 4.13. The lowest BCUT2D eigenvalue weighted by molar-refractivity contribution is -0.155. The number of hydrogen-bond acceptors (Lipinski definition) is 3. The van der Waals surface area contributed by atoms with Crippen LogP contribution in [-0.2, 0) is 14.3 Å². The number of esters is 1. The van der Waals surface area contributed by atoms with Gasteiger partial charge in [0.25, 0.3) is 0 Å². The van der Waals surface area contributed by atoms with Gasteiger partial charge >= 0.3 is 5.97 Å². The molecule has 0 aromatic carbocycles. The molecule has 1 fully saturated rings. The SMILES string of the molecule is CC(C)C[C@H](CC(=O)CBr)C(=O)OC1CCCC1. The summed E-state index contributed by atoms with van der Waals surface area (Å²) in [6, 6.07) is 0. The highest BCUT2D eigenvalue weighted by Gasteiger charge is 2.27. The smallest absolute Gasteiger partial charge is 0.309 e. The molecule has 104 valence electrons. The highest BCUT2D eigenvalue weighted by Crippen LogP contribution is 2.25. The van der Waals surface area contributed by atoms with E-state index < -0.39 is 0 Å². The van der Waals surface area contributed by atoms with Gasteiger partial charge in [0.2, 0.25) is 0 Å². The second kappa shape index (κ2) is 7.93. The van der Waals surface area contributed by atoms with Crippen LogP contribution in [0.3, 0.4) is 0 Å². The van der Waals surface area contributed by atoms with E-state index in [9.17, 15) is 9.59 Å². The Morgan fingerprint density at radius 3 is 2.39 bits per heavy atom. The van der Waals surface area contributed by atoms with Gasteiger partial charge in [0, 0.05) is 6.42 Å². The molecule has 1 aliphatic carbocycles. The van der Waals surface area contributed by atoms with Crippen molar-refractivity contribution in [3.63, 3.8) is 0 Å². The predicted molar refractivity (Wildman–Crippen MR) is 74.7 cm³/mol. The van der Waals surface area contributed by atoms with Gasteiger partial charge in [-0.25, -0.2) is 0 Å². The van der Waals surface area contributed by atoms with Gasteiger partial charge in [-0.15, -0.1) is 0 Å². The number of hydrogen-bond donors (Lipinski definition) is 0. The Hall–Kier alpha value is -0.380. The van der Waals surface area contributed by atoms with E-state index in [0.717, 1.165) is 32.1 Å². The minimum absolute atomic E-state index is 0.0732. The molecule has 4 heteroatoms. The van der Waals surface area contributed by atoms with E-state index in [-0.39, 0.29) is 23.8 Å². The van der Waals surface area contributed by atoms with E-state index in [0.29, 0.717) is 17.7 Å². The monoisotopic (exact) mass is 318 g/mol. The van der Waals surface area contributed by atoms with Gasteiger partial charge in [0.15, 0.2) is 0 Å². The molecule has 0 N–H and O–H groups in total. The summed E-state index contributed by atoms with van der Waals surface area (Å²) in [5.41, 5.74) is 0. The van der Waals surface area contributed by atoms with E-state index >= 15 is 0 Å². The fourth-order valence-corrected chi connectivity index (χ4v) is 2.66. The second-order valence-electron chi connectivity index (χ2n) is 5.55. The minimum atomic E-state index is -0.268. The minimum Gasteiger partial charge on any atom is -0.462 e. The van der Waals surface area contributed by atoms with Crippen molar-refractivity contribution in [2.24, 2.45) is 11.8 Å². The molecule has 1 rings (SSSR count). The summed E-state index contributed by atoms with van der Waals surface area (Å²) < 4.78 is 5.51. The third-order valence-electron chi connectivity index (χ3n) is 3.30. The number of Topliss-reactive ketones (excluding diaryl/α,β-unsaturated/α-hetero) is 1. The normalized spacial score (nSPS) is 18.0. The van der Waals surface area contributed by atoms with Crippen molar-refractivity contribution < 1.29 is 14.3 Å². The molecule has 1 atom stereocenters. The summed E-state index contributed by atoms with van der Waals surface area (Å²) in [4.78, 5) is 23.6. The molecule has 1 saturated carbocycles. The van der Waals surface area contributed by atoms with Gasteiger partial charge in [-0.1, -0.05) is 29.8 Å². The number of carbonyl (C=O) groups is 2. The largest absolute Gasteiger partial charge is 0.462 e. The topological polar surface area (TPSA) is 43.4 Å². The zero-order valence-corrected chi connectivity index (χ0v) is 12.9. The van der Waals surface area contributed by atoms with Crippen molar-refractivity contribution in [3.05, 3.63) is 0 Å². The summed E-state index contributed by atoms with van der Waals surface area (Å²) in [5, 5.41) is 0.318. The average Bonchev–Trinajstić information content (AvgIpc) is 2.80. The summed E-state index contributed by atoms with van der Waals surface area (Å²) in [5.74, 6) is 0.0267. The molecular weight excluding hydrogens is 296 g/mol. The molecule has 0 heterocycles. The maximum atomic E-state index is 12.1. The third-order valence-corrected chi connectivity index (χ3v) is 3.92. The number of carbonyl (C=O) groups excluding carboxylic acids is 2. The number of halogens is 1. The molecule has 0 aliphatic heterocycles. The molecule has 0 unspecified atom stereocenters. The number of ether oxygens (including phenoxy) is 1. The first-order valence-corrected chi connectivity index (χ1v) is 7.93. The van der Waals surface area contributed by atoms with Crippen LogP contribution >= 0.6 is 15.9 Å². The lowest BCUT2D eigenvalue weighted by atomic mass is 9.93. The molecule has 0 aromatic rings. The molecule has 18 heavy (non-hydrogen) atoms. The lowest BCUT2D eigenvalue weighted by Gasteiger charge is -2.19. The third kappa shape index (κ3) is 5.51. The number of ketones is 1. The maximum Gasteiger partial charge on any atom is 0.309 e. The summed E-state index contributed by atoms with van der Waals surface area (Å²) in [6.07, 6.45) is 5.37. The maximum absolute atomic E-state index is 12.1. The zero-order valence-electron chi connectivity index (χ0n) is 11.3. The Kier molecular flexibility index (Phi) is 6.90. The molecule has 3 nitrogen and oxygen atoms in total. The van der Waals surface area contributed by atoms with Gasteiger partial charge in [-0.2, -0.15) is 0 Å². The van der Waals surface area contributed by atoms with Crippen LogP contribution < -0.4 is 0 Å². The number of rotatable bonds is 7. The number of alkyl halides is 1. The summed E-state index contributed by atoms with van der Waals surface area (Å²) >= 11 is 3.15. The molecular formula is C14H23BrO3. The van der Waals surface area contributed by atoms with E-state index in [1.165, 1.54) is 0 Å². The van der Waals surface area contributed by atoms with Gasteiger partial charge in [-0.05, 0) is 38.0 Å². The van der Waals surface area contributed by atoms with Crippen LogP contribution in [-0.4, -0.2) is 23.2 Å². The lowest BCUT2D eigenvalue weighted by Crippen LogP contribution is -2.26. The van der Waals surface area contributed by atoms with E-state index in [1.54, 1.807) is 0 Å². The highest BCUT2D eigenvalue weighted by molar-refractivity contribution is 9.09. The van der Waals surface area contributed by atoms with E-state index in [2.05, 4.69) is 29.8 Å². The first kappa shape index (κ1) is 15.7. The van der Waals surface area contributed by atoms with Crippen LogP contribution in [0.25, 0.3) is 0 Å². The fraction of sp³-hybridized carbons (Fsp3) is 0.857. The van der Waals surface area contributed by atoms with Crippen molar-refractivity contribution in [1.29, 1.82) is 0 Å². The van der Waals surface area contributed by atoms with E-state index in [4.69, 9.17) is 4.74 Å². The molecule has 0 aromatic heterocycles. The second-order valence-corrected chi connectivity index (χ2v) is 6.11. The molecule has 0 radical (unpaired) electrons. The first-order chi connectivity index (χ1) is 8.52. The fourth-order valence-electron chi connectivity index (χ4n) is 2.43. The van der Waals surface area contributed by atoms with Crippen LogP contribution in [0.5, 0.6) is 0 Å². The van der Waals surface area contributed by atoms with Gasteiger partial charge in [-0.3, -0.25) is 9.59 Å². The highest BCUT2D eigenvalue weighted by atomic mass is 79.9. The predicted octanol–water partition coefficient (Wildman–Crippen LogP) is 3.49. The van der Waals surface area contributed by atoms with Crippen LogP contribution in [0.2, 0.25) is 0 Å². The Morgan fingerprint density at radius 1 is 1.28 bits per heavy atom. The Labute approximate surface area is 118 Å². The van der Waals surface area contributed by atoms with Crippen LogP contribution in [0.1, 0.15) is 52.4 Å². The molecule has 0 amide bonds. The zero-order chi connectivity index (χ0) is 13.5. The Bertz CT molecular complexity index is 283. The molecule has 0 bridgehead atoms. The molecule has 0 spiro atoms. The van der Waals surface area contributed by atoms with Crippen molar-refractivity contribution in [3.8, 4) is 0 Å². The van der Waals surface area contributed by atoms with Crippen molar-refractivity contribution in [1.82, 2.24) is 0 Å². The van der Waals surface area contributed by atoms with Crippen molar-refractivity contribution in [2.75, 3.05) is 5.33 Å². The van der Waals surface area contributed by atoms with E-state index in [1.807, 2.05) is 0 Å². The standard InChI is InChI=1S/C14H23BrO3/c1-10(2)7-11(8-12(16)9-15)14(17)18-13-5-3-4-6-13/h10-11,13H,3-9H2,1-2H3/t11-/m1/s1.